The molecule has 1 heterocycles. The van der Waals surface area contributed by atoms with Crippen LogP contribution in [-0.2, 0) is 16.2 Å². The lowest BCUT2D eigenvalue weighted by Crippen LogP contribution is -2.52. The van der Waals surface area contributed by atoms with Crippen LogP contribution in [0.2, 0.25) is 5.02 Å². The lowest BCUT2D eigenvalue weighted by molar-refractivity contribution is -0.128. The Kier molecular flexibility index (Phi) is 6.51. The van der Waals surface area contributed by atoms with Crippen LogP contribution in [0.5, 0.6) is 11.5 Å². The number of carbonyl (C=O) groups is 2. The third-order valence-electron chi connectivity index (χ3n) is 4.22. The van der Waals surface area contributed by atoms with E-state index in [1.54, 1.807) is 24.3 Å². The van der Waals surface area contributed by atoms with E-state index in [1.165, 1.54) is 18.0 Å². The van der Waals surface area contributed by atoms with Gasteiger partial charge in [-0.15, -0.1) is 0 Å². The molecule has 1 N–H and O–H groups in total. The number of hydrogen-bond donors (Lipinski definition) is 1. The molecule has 2 aromatic carbocycles. The zero-order valence-corrected chi connectivity index (χ0v) is 17.5. The highest BCUT2D eigenvalue weighted by Gasteiger charge is 2.30. The van der Waals surface area contributed by atoms with E-state index in [-0.39, 0.29) is 17.3 Å². The summed E-state index contributed by atoms with van der Waals surface area (Å²) in [7, 11) is 1.51. The van der Waals surface area contributed by atoms with Gasteiger partial charge in [-0.1, -0.05) is 35.9 Å². The standard InChI is InChI=1S/C21H19ClN2O4S/c1-3-27-18-11-13(10-15-19(25)23-21(29)24(2)20(15)26)8-9-17(18)28-12-14-6-4-5-7-16(14)22/h4-11H,3,12H2,1-2H3,(H,23,25,29). The third kappa shape index (κ3) is 4.75. The van der Waals surface area contributed by atoms with E-state index in [1.807, 2.05) is 25.1 Å². The molecular weight excluding hydrogens is 412 g/mol. The van der Waals surface area contributed by atoms with Crippen molar-refractivity contribution in [2.75, 3.05) is 13.7 Å². The number of likely N-dealkylation sites (N-methyl/N-ethyl adjacent to an activating group) is 1. The first-order chi connectivity index (χ1) is 13.9. The quantitative estimate of drug-likeness (QED) is 0.431. The van der Waals surface area contributed by atoms with Gasteiger partial charge in [-0.25, -0.2) is 0 Å². The lowest BCUT2D eigenvalue weighted by atomic mass is 10.1. The number of thiocarbonyl (C=S) groups is 1. The molecule has 0 aliphatic carbocycles. The minimum absolute atomic E-state index is 0.00622. The van der Waals surface area contributed by atoms with Gasteiger partial charge >= 0.3 is 0 Å². The fourth-order valence-electron chi connectivity index (χ4n) is 2.69. The fraction of sp³-hybridized carbons (Fsp3) is 0.190. The highest BCUT2D eigenvalue weighted by Crippen LogP contribution is 2.31. The number of carbonyl (C=O) groups excluding carboxylic acids is 2. The van der Waals surface area contributed by atoms with E-state index in [0.717, 1.165) is 5.56 Å². The van der Waals surface area contributed by atoms with Gasteiger partial charge in [0.1, 0.15) is 12.2 Å². The smallest absolute Gasteiger partial charge is 0.265 e. The van der Waals surface area contributed by atoms with E-state index in [2.05, 4.69) is 5.32 Å². The van der Waals surface area contributed by atoms with Crippen LogP contribution in [0, 0.1) is 0 Å². The molecule has 0 aromatic heterocycles. The van der Waals surface area contributed by atoms with E-state index in [9.17, 15) is 9.59 Å². The minimum atomic E-state index is -0.532. The average Bonchev–Trinajstić information content (AvgIpc) is 2.70. The highest BCUT2D eigenvalue weighted by atomic mass is 35.5. The molecule has 0 radical (unpaired) electrons. The van der Waals surface area contributed by atoms with Crippen molar-refractivity contribution in [1.29, 1.82) is 0 Å². The number of amides is 2. The van der Waals surface area contributed by atoms with Crippen LogP contribution in [0.15, 0.2) is 48.0 Å². The number of nitrogens with zero attached hydrogens (tertiary/aromatic N) is 1. The molecule has 1 aliphatic heterocycles. The molecule has 1 aliphatic rings. The van der Waals surface area contributed by atoms with Gasteiger partial charge in [-0.05, 0) is 49.0 Å². The largest absolute Gasteiger partial charge is 0.490 e. The minimum Gasteiger partial charge on any atom is -0.490 e. The number of hydrogen-bond acceptors (Lipinski definition) is 5. The molecule has 0 unspecified atom stereocenters. The molecule has 3 rings (SSSR count). The van der Waals surface area contributed by atoms with Gasteiger partial charge in [0.2, 0.25) is 0 Å². The van der Waals surface area contributed by atoms with Crippen LogP contribution >= 0.6 is 23.8 Å². The predicted molar refractivity (Wildman–Crippen MR) is 115 cm³/mol. The third-order valence-corrected chi connectivity index (χ3v) is 4.97. The summed E-state index contributed by atoms with van der Waals surface area (Å²) in [5, 5.41) is 3.19. The van der Waals surface area contributed by atoms with Crippen molar-refractivity contribution in [2.45, 2.75) is 13.5 Å². The molecule has 2 amide bonds. The van der Waals surface area contributed by atoms with Crippen molar-refractivity contribution in [2.24, 2.45) is 0 Å². The summed E-state index contributed by atoms with van der Waals surface area (Å²) < 4.78 is 11.5. The van der Waals surface area contributed by atoms with Crippen LogP contribution in [0.4, 0.5) is 0 Å². The molecule has 1 saturated heterocycles. The number of nitrogens with one attached hydrogen (secondary N) is 1. The molecule has 6 nitrogen and oxygen atoms in total. The van der Waals surface area contributed by atoms with Gasteiger partial charge in [-0.3, -0.25) is 19.8 Å². The summed E-state index contributed by atoms with van der Waals surface area (Å²) >= 11 is 11.1. The molecule has 0 spiro atoms. The first-order valence-corrected chi connectivity index (χ1v) is 9.67. The van der Waals surface area contributed by atoms with E-state index in [0.29, 0.717) is 28.7 Å². The van der Waals surface area contributed by atoms with Gasteiger partial charge in [0.05, 0.1) is 6.61 Å². The summed E-state index contributed by atoms with van der Waals surface area (Å²) in [5.41, 5.74) is 1.47. The Bertz CT molecular complexity index is 1010. The second-order valence-electron chi connectivity index (χ2n) is 6.20. The topological polar surface area (TPSA) is 67.9 Å². The van der Waals surface area contributed by atoms with Crippen molar-refractivity contribution in [1.82, 2.24) is 10.2 Å². The fourth-order valence-corrected chi connectivity index (χ4v) is 3.05. The molecule has 1 fully saturated rings. The first-order valence-electron chi connectivity index (χ1n) is 8.88. The molecule has 29 heavy (non-hydrogen) atoms. The van der Waals surface area contributed by atoms with Gasteiger partial charge in [0.15, 0.2) is 16.6 Å². The first kappa shape index (κ1) is 20.8. The Hall–Kier alpha value is -2.90. The summed E-state index contributed by atoms with van der Waals surface area (Å²) in [6, 6.07) is 12.6. The van der Waals surface area contributed by atoms with E-state index in [4.69, 9.17) is 33.3 Å². The SMILES string of the molecule is CCOc1cc(C=C2C(=O)NC(=S)N(C)C2=O)ccc1OCc1ccccc1Cl. The lowest BCUT2D eigenvalue weighted by Gasteiger charge is -2.25. The maximum atomic E-state index is 12.4. The Labute approximate surface area is 179 Å². The van der Waals surface area contributed by atoms with Crippen molar-refractivity contribution >= 4 is 46.8 Å². The van der Waals surface area contributed by atoms with Crippen LogP contribution in [-0.4, -0.2) is 35.5 Å². The number of rotatable bonds is 6. The van der Waals surface area contributed by atoms with Gasteiger partial charge in [0.25, 0.3) is 11.8 Å². The number of ether oxygens (including phenoxy) is 2. The number of benzene rings is 2. The van der Waals surface area contributed by atoms with Crippen molar-refractivity contribution in [3.05, 3.63) is 64.2 Å². The van der Waals surface area contributed by atoms with Gasteiger partial charge in [0, 0.05) is 17.6 Å². The van der Waals surface area contributed by atoms with Crippen LogP contribution in [0.25, 0.3) is 6.08 Å². The summed E-state index contributed by atoms with van der Waals surface area (Å²) in [5.74, 6) is 0.0407. The maximum absolute atomic E-state index is 12.4. The molecule has 150 valence electrons. The maximum Gasteiger partial charge on any atom is 0.265 e. The van der Waals surface area contributed by atoms with Crippen molar-refractivity contribution in [3.63, 3.8) is 0 Å². The monoisotopic (exact) mass is 430 g/mol. The molecule has 0 atom stereocenters. The summed E-state index contributed by atoms with van der Waals surface area (Å²) in [4.78, 5) is 25.7. The van der Waals surface area contributed by atoms with Crippen LogP contribution in [0.3, 0.4) is 0 Å². The zero-order valence-electron chi connectivity index (χ0n) is 15.9. The Morgan fingerprint density at radius 1 is 1.14 bits per heavy atom. The molecule has 0 saturated carbocycles. The Morgan fingerprint density at radius 3 is 2.62 bits per heavy atom. The number of halogens is 1. The van der Waals surface area contributed by atoms with E-state index >= 15 is 0 Å². The van der Waals surface area contributed by atoms with Crippen molar-refractivity contribution in [3.8, 4) is 11.5 Å². The second-order valence-corrected chi connectivity index (χ2v) is 6.99. The van der Waals surface area contributed by atoms with Crippen LogP contribution < -0.4 is 14.8 Å². The summed E-state index contributed by atoms with van der Waals surface area (Å²) in [6.45, 7) is 2.57. The van der Waals surface area contributed by atoms with Gasteiger partial charge in [-0.2, -0.15) is 0 Å². The average molecular weight is 431 g/mol. The molecule has 8 heteroatoms. The normalized spacial score (nSPS) is 15.5. The van der Waals surface area contributed by atoms with E-state index < -0.39 is 11.8 Å². The highest BCUT2D eigenvalue weighted by molar-refractivity contribution is 7.80. The van der Waals surface area contributed by atoms with Crippen LogP contribution in [0.1, 0.15) is 18.1 Å². The van der Waals surface area contributed by atoms with Gasteiger partial charge < -0.3 is 9.47 Å². The Balaban J connectivity index is 1.86. The Morgan fingerprint density at radius 2 is 1.90 bits per heavy atom. The summed E-state index contributed by atoms with van der Waals surface area (Å²) in [6.07, 6.45) is 1.50. The zero-order chi connectivity index (χ0) is 21.0. The molecular formula is C21H19ClN2O4S. The second kappa shape index (κ2) is 9.07. The molecule has 0 bridgehead atoms. The predicted octanol–water partition coefficient (Wildman–Crippen LogP) is 3.57. The van der Waals surface area contributed by atoms with Crippen molar-refractivity contribution < 1.29 is 19.1 Å². The molecule has 2 aromatic rings.